The van der Waals surface area contributed by atoms with Gasteiger partial charge in [-0.1, -0.05) is 24.6 Å². The number of sulfonamides is 1. The van der Waals surface area contributed by atoms with E-state index in [9.17, 15) is 52.1 Å². The van der Waals surface area contributed by atoms with Crippen LogP contribution in [-0.2, 0) is 65.5 Å². The van der Waals surface area contributed by atoms with Crippen molar-refractivity contribution in [3.05, 3.63) is 83.6 Å². The van der Waals surface area contributed by atoms with E-state index in [2.05, 4.69) is 4.72 Å². The molecule has 2 aromatic carbocycles. The van der Waals surface area contributed by atoms with Crippen LogP contribution in [0.3, 0.4) is 0 Å². The number of benzene rings is 2. The van der Waals surface area contributed by atoms with Crippen molar-refractivity contribution in [3.63, 3.8) is 0 Å². The second-order valence-corrected chi connectivity index (χ2v) is 21.8. The van der Waals surface area contributed by atoms with E-state index in [-0.39, 0.29) is 61.0 Å². The highest BCUT2D eigenvalue weighted by Crippen LogP contribution is 2.51. The summed E-state index contributed by atoms with van der Waals surface area (Å²) in [5, 5.41) is 9.16. The zero-order valence-corrected chi connectivity index (χ0v) is 38.3. The second kappa shape index (κ2) is 20.8. The van der Waals surface area contributed by atoms with Gasteiger partial charge >= 0.3 is 5.97 Å². The van der Waals surface area contributed by atoms with Crippen LogP contribution in [0.2, 0.25) is 0 Å². The van der Waals surface area contributed by atoms with Gasteiger partial charge in [0.1, 0.15) is 6.61 Å². The van der Waals surface area contributed by atoms with E-state index in [1.165, 1.54) is 38.5 Å². The van der Waals surface area contributed by atoms with Crippen LogP contribution in [0.25, 0.3) is 0 Å². The van der Waals surface area contributed by atoms with Gasteiger partial charge in [-0.3, -0.25) is 18.5 Å². The standard InChI is InChI=1S/C40H55N3O15S4/c1-39(19-11-26-60(48,49)50)32-28-30(61(51,52)53)16-18-35(32)43(23-25-58-4)36(39)12-7-5-8-13-37-40(2,20-27-59(46,47)41-21-24-57-3)33-29-31(62(54,55)56)15-17-34(33)42(37)22-10-6-9-14-38(44)45/h5,7-8,12-13,15-18,28-29,41H,6,9-11,14,19-27H2,1-4H3,(H3-,44,45,48,49,50,51,52,53,54,55,56)/p+1. The number of unbranched alkanes of at least 4 members (excludes halogenated alkanes) is 2. The van der Waals surface area contributed by atoms with Crippen molar-refractivity contribution in [1.29, 1.82) is 0 Å². The van der Waals surface area contributed by atoms with Crippen LogP contribution in [-0.4, -0.2) is 127 Å². The number of hydrogen-bond donors (Lipinski definition) is 5. The first-order valence-corrected chi connectivity index (χ1v) is 25.9. The molecule has 0 bridgehead atoms. The quantitative estimate of drug-likeness (QED) is 0.0403. The molecule has 2 aliphatic rings. The van der Waals surface area contributed by atoms with Gasteiger partial charge in [0.05, 0.1) is 33.3 Å². The first-order chi connectivity index (χ1) is 28.9. The van der Waals surface area contributed by atoms with Crippen LogP contribution >= 0.6 is 0 Å². The van der Waals surface area contributed by atoms with Crippen LogP contribution < -0.4 is 9.62 Å². The predicted octanol–water partition coefficient (Wildman–Crippen LogP) is 4.23. The van der Waals surface area contributed by atoms with Gasteiger partial charge in [-0.05, 0) is 87.9 Å². The predicted molar refractivity (Wildman–Crippen MR) is 233 cm³/mol. The lowest BCUT2D eigenvalue weighted by Gasteiger charge is -2.30. The van der Waals surface area contributed by atoms with Crippen LogP contribution in [0, 0.1) is 0 Å². The summed E-state index contributed by atoms with van der Waals surface area (Å²) in [5.74, 6) is -1.84. The molecule has 2 heterocycles. The molecule has 0 saturated carbocycles. The largest absolute Gasteiger partial charge is 0.481 e. The average molecular weight is 947 g/mol. The molecule has 2 atom stereocenters. The molecule has 5 N–H and O–H groups in total. The fourth-order valence-corrected chi connectivity index (χ4v) is 10.7. The van der Waals surface area contributed by atoms with E-state index in [0.29, 0.717) is 66.3 Å². The number of nitrogens with zero attached hydrogens (tertiary/aromatic N) is 2. The third-order valence-corrected chi connectivity index (χ3v) is 15.0. The topological polar surface area (TPSA) is 271 Å². The minimum atomic E-state index is -4.66. The normalized spacial score (nSPS) is 20.2. The van der Waals surface area contributed by atoms with Crippen molar-refractivity contribution in [3.8, 4) is 0 Å². The molecule has 0 fully saturated rings. The second-order valence-electron chi connectivity index (χ2n) is 15.5. The molecule has 2 aromatic rings. The number of carboxylic acid groups (broad SMARTS) is 1. The van der Waals surface area contributed by atoms with Gasteiger partial charge in [0.2, 0.25) is 15.7 Å². The lowest BCUT2D eigenvalue weighted by molar-refractivity contribution is -0.441. The molecular weight excluding hydrogens is 891 g/mol. The summed E-state index contributed by atoms with van der Waals surface area (Å²) in [6.45, 7) is 4.68. The van der Waals surface area contributed by atoms with Gasteiger partial charge in [-0.15, -0.1) is 0 Å². The summed E-state index contributed by atoms with van der Waals surface area (Å²) >= 11 is 0. The van der Waals surface area contributed by atoms with Crippen LogP contribution in [0.1, 0.15) is 69.9 Å². The summed E-state index contributed by atoms with van der Waals surface area (Å²) in [6, 6.07) is 8.29. The van der Waals surface area contributed by atoms with E-state index in [0.717, 1.165) is 0 Å². The fourth-order valence-electron chi connectivity index (χ4n) is 7.97. The summed E-state index contributed by atoms with van der Waals surface area (Å²) in [7, 11) is -14.5. The van der Waals surface area contributed by atoms with Crippen molar-refractivity contribution in [2.45, 2.75) is 79.4 Å². The summed E-state index contributed by atoms with van der Waals surface area (Å²) < 4.78 is 143. The lowest BCUT2D eigenvalue weighted by Crippen LogP contribution is -2.35. The molecule has 62 heavy (non-hydrogen) atoms. The Balaban J connectivity index is 1.83. The Labute approximate surface area is 364 Å². The van der Waals surface area contributed by atoms with Crippen LogP contribution in [0.15, 0.2) is 82.3 Å². The number of carboxylic acids is 1. The maximum Gasteiger partial charge on any atom is 0.303 e. The number of anilines is 1. The Hall–Kier alpha value is -3.84. The van der Waals surface area contributed by atoms with Gasteiger partial charge in [-0.25, -0.2) is 13.1 Å². The molecule has 22 heteroatoms. The van der Waals surface area contributed by atoms with Gasteiger partial charge < -0.3 is 19.5 Å². The van der Waals surface area contributed by atoms with E-state index in [1.54, 1.807) is 56.4 Å². The number of ether oxygens (including phenoxy) is 2. The SMILES string of the molecule is COCCNS(=O)(=O)CCC1(C)\C(=C/C=C/C=C/C2=[N+](CCOC)c3ccc(S(=O)(=O)O)cc3C2(C)CCCS(=O)(=O)O)N(CCCCCC(=O)O)c2ccc(S(=O)(=O)O)cc21. The molecule has 0 aromatic heterocycles. The third-order valence-electron chi connectivity index (χ3n) is 11.1. The minimum Gasteiger partial charge on any atom is -0.481 e. The molecule has 0 radical (unpaired) electrons. The van der Waals surface area contributed by atoms with Crippen molar-refractivity contribution >= 4 is 63.4 Å². The smallest absolute Gasteiger partial charge is 0.303 e. The van der Waals surface area contributed by atoms with Gasteiger partial charge in [0, 0.05) is 68.2 Å². The molecule has 2 unspecified atom stereocenters. The third kappa shape index (κ3) is 12.9. The number of allylic oxidation sites excluding steroid dienone is 6. The minimum absolute atomic E-state index is 0.00444. The first kappa shape index (κ1) is 50.8. The van der Waals surface area contributed by atoms with Crippen LogP contribution in [0.5, 0.6) is 0 Å². The Morgan fingerprint density at radius 1 is 0.774 bits per heavy atom. The number of aliphatic carboxylic acids is 1. The average Bonchev–Trinajstić information content (AvgIpc) is 3.54. The molecule has 0 spiro atoms. The number of hydrogen-bond acceptors (Lipinski definition) is 12. The van der Waals surface area contributed by atoms with Crippen molar-refractivity contribution in [2.24, 2.45) is 0 Å². The number of nitrogens with one attached hydrogen (secondary N) is 1. The first-order valence-electron chi connectivity index (χ1n) is 19.7. The maximum atomic E-state index is 13.2. The van der Waals surface area contributed by atoms with E-state index >= 15 is 0 Å². The van der Waals surface area contributed by atoms with E-state index in [4.69, 9.17) is 14.6 Å². The van der Waals surface area contributed by atoms with Gasteiger partial charge in [0.15, 0.2) is 12.3 Å². The van der Waals surface area contributed by atoms with Gasteiger partial charge in [0.25, 0.3) is 30.4 Å². The molecular formula is C40H56N3O15S4+. The Kier molecular flexibility index (Phi) is 17.0. The highest BCUT2D eigenvalue weighted by molar-refractivity contribution is 7.89. The monoisotopic (exact) mass is 946 g/mol. The zero-order chi connectivity index (χ0) is 46.1. The molecule has 0 saturated heterocycles. The molecule has 2 aliphatic heterocycles. The van der Waals surface area contributed by atoms with Crippen LogP contribution in [0.4, 0.5) is 11.4 Å². The van der Waals surface area contributed by atoms with Crippen molar-refractivity contribution in [2.75, 3.05) is 63.5 Å². The molecule has 4 rings (SSSR count). The molecule has 0 aliphatic carbocycles. The maximum absolute atomic E-state index is 13.2. The number of fused-ring (bicyclic) bond motifs is 2. The summed E-state index contributed by atoms with van der Waals surface area (Å²) in [4.78, 5) is 12.4. The number of carbonyl (C=O) groups is 1. The molecule has 18 nitrogen and oxygen atoms in total. The molecule has 344 valence electrons. The Bertz CT molecular complexity index is 2550. The number of methoxy groups -OCH3 is 2. The number of rotatable bonds is 25. The molecule has 0 amide bonds. The highest BCUT2D eigenvalue weighted by Gasteiger charge is 2.48. The summed E-state index contributed by atoms with van der Waals surface area (Å²) in [5.41, 5.74) is 1.22. The Morgan fingerprint density at radius 3 is 2.03 bits per heavy atom. The zero-order valence-electron chi connectivity index (χ0n) is 35.1. The van der Waals surface area contributed by atoms with E-state index in [1.807, 2.05) is 9.48 Å². The highest BCUT2D eigenvalue weighted by atomic mass is 32.2. The van der Waals surface area contributed by atoms with E-state index < -0.39 is 62.9 Å². The summed E-state index contributed by atoms with van der Waals surface area (Å²) in [6.07, 6.45) is 10.3. The fraction of sp³-hybridized carbons (Fsp3) is 0.500. The van der Waals surface area contributed by atoms with Gasteiger partial charge in [-0.2, -0.15) is 29.8 Å². The lowest BCUT2D eigenvalue weighted by atomic mass is 9.76. The van der Waals surface area contributed by atoms with Crippen molar-refractivity contribution in [1.82, 2.24) is 4.72 Å². The van der Waals surface area contributed by atoms with Crippen molar-refractivity contribution < 1.29 is 71.3 Å². The Morgan fingerprint density at radius 2 is 1.42 bits per heavy atom.